The van der Waals surface area contributed by atoms with Crippen molar-refractivity contribution >= 4 is 33.5 Å². The molecule has 0 fully saturated rings. The molecule has 0 aliphatic rings. The van der Waals surface area contributed by atoms with E-state index in [1.165, 1.54) is 0 Å². The number of anilines is 2. The standard InChI is InChI=1S/C5H6N6.H2O4S/c6-4-8-1-2-3(10-4)11-5(7)9-2;1-5(2,3)4/h1H,(H5,6,7,8,9,10,11);(H2,1,2,3,4). The van der Waals surface area contributed by atoms with Gasteiger partial charge in [0, 0.05) is 0 Å². The lowest BCUT2D eigenvalue weighted by Crippen LogP contribution is -1.93. The SMILES string of the molecule is Nc1ncc2[nH]c(N)nc2n1.O=S(=O)(O)O. The lowest BCUT2D eigenvalue weighted by Gasteiger charge is -1.87. The van der Waals surface area contributed by atoms with Crippen LogP contribution in [0.2, 0.25) is 0 Å². The van der Waals surface area contributed by atoms with Gasteiger partial charge in [-0.2, -0.15) is 18.4 Å². The Hall–Kier alpha value is -1.98. The summed E-state index contributed by atoms with van der Waals surface area (Å²) in [7, 11) is -4.67. The zero-order valence-electron chi connectivity index (χ0n) is 7.69. The second-order valence-corrected chi connectivity index (χ2v) is 3.43. The van der Waals surface area contributed by atoms with Gasteiger partial charge in [-0.25, -0.2) is 4.98 Å². The van der Waals surface area contributed by atoms with Crippen LogP contribution < -0.4 is 11.5 Å². The van der Waals surface area contributed by atoms with E-state index in [1.54, 1.807) is 6.20 Å². The molecule has 0 unspecified atom stereocenters. The molecule has 2 aromatic rings. The first kappa shape index (κ1) is 12.1. The second kappa shape index (κ2) is 4.26. The highest BCUT2D eigenvalue weighted by atomic mass is 32.3. The van der Waals surface area contributed by atoms with Gasteiger partial charge in [-0.15, -0.1) is 0 Å². The van der Waals surface area contributed by atoms with E-state index in [0.717, 1.165) is 0 Å². The van der Waals surface area contributed by atoms with Gasteiger partial charge in [0.15, 0.2) is 11.6 Å². The summed E-state index contributed by atoms with van der Waals surface area (Å²) in [6, 6.07) is 0. The van der Waals surface area contributed by atoms with Crippen LogP contribution in [0.5, 0.6) is 0 Å². The minimum atomic E-state index is -4.67. The highest BCUT2D eigenvalue weighted by Crippen LogP contribution is 2.08. The maximum atomic E-state index is 8.74. The van der Waals surface area contributed by atoms with Crippen molar-refractivity contribution < 1.29 is 17.5 Å². The molecule has 88 valence electrons. The van der Waals surface area contributed by atoms with Gasteiger partial charge in [0.2, 0.25) is 5.95 Å². The van der Waals surface area contributed by atoms with E-state index in [2.05, 4.69) is 19.9 Å². The Morgan fingerprint density at radius 2 is 1.81 bits per heavy atom. The molecule has 0 bridgehead atoms. The van der Waals surface area contributed by atoms with Gasteiger partial charge in [-0.05, 0) is 0 Å². The maximum Gasteiger partial charge on any atom is 0.394 e. The zero-order valence-corrected chi connectivity index (χ0v) is 8.51. The van der Waals surface area contributed by atoms with Crippen molar-refractivity contribution in [2.24, 2.45) is 0 Å². The Kier molecular flexibility index (Phi) is 3.22. The van der Waals surface area contributed by atoms with Crippen LogP contribution >= 0.6 is 0 Å². The van der Waals surface area contributed by atoms with E-state index >= 15 is 0 Å². The number of rotatable bonds is 0. The molecular weight excluding hydrogens is 240 g/mol. The van der Waals surface area contributed by atoms with Crippen LogP contribution in [0, 0.1) is 0 Å². The summed E-state index contributed by atoms with van der Waals surface area (Å²) in [5.41, 5.74) is 11.9. The fraction of sp³-hybridized carbons (Fsp3) is 0. The number of hydrogen-bond donors (Lipinski definition) is 5. The molecule has 0 saturated carbocycles. The van der Waals surface area contributed by atoms with Crippen molar-refractivity contribution in [2.45, 2.75) is 0 Å². The fourth-order valence-corrected chi connectivity index (χ4v) is 0.839. The molecule has 0 aliphatic heterocycles. The monoisotopic (exact) mass is 248 g/mol. The fourth-order valence-electron chi connectivity index (χ4n) is 0.839. The molecule has 2 aromatic heterocycles. The molecule has 0 amide bonds. The van der Waals surface area contributed by atoms with Crippen molar-refractivity contribution in [1.29, 1.82) is 0 Å². The number of nitrogens with one attached hydrogen (secondary N) is 1. The normalized spacial score (nSPS) is 10.9. The maximum absolute atomic E-state index is 8.74. The quantitative estimate of drug-likeness (QED) is 0.360. The lowest BCUT2D eigenvalue weighted by atomic mass is 10.6. The van der Waals surface area contributed by atoms with Gasteiger partial charge in [-0.1, -0.05) is 0 Å². The van der Waals surface area contributed by atoms with Gasteiger partial charge in [0.1, 0.15) is 5.52 Å². The Morgan fingerprint density at radius 1 is 1.25 bits per heavy atom. The number of aromatic amines is 1. The summed E-state index contributed by atoms with van der Waals surface area (Å²) in [6.45, 7) is 0. The van der Waals surface area contributed by atoms with E-state index < -0.39 is 10.4 Å². The minimum absolute atomic E-state index is 0.198. The molecule has 16 heavy (non-hydrogen) atoms. The average molecular weight is 248 g/mol. The van der Waals surface area contributed by atoms with Crippen molar-refractivity contribution in [3.05, 3.63) is 6.20 Å². The number of nitrogens with two attached hydrogens (primary N) is 2. The number of H-pyrrole nitrogens is 1. The highest BCUT2D eigenvalue weighted by molar-refractivity contribution is 7.79. The van der Waals surface area contributed by atoms with Gasteiger partial charge in [0.05, 0.1) is 6.20 Å². The smallest absolute Gasteiger partial charge is 0.369 e. The predicted octanol–water partition coefficient (Wildman–Crippen LogP) is -1.14. The van der Waals surface area contributed by atoms with Crippen molar-refractivity contribution in [3.8, 4) is 0 Å². The lowest BCUT2D eigenvalue weighted by molar-refractivity contribution is 0.381. The summed E-state index contributed by atoms with van der Waals surface area (Å²) in [5.74, 6) is 0.518. The van der Waals surface area contributed by atoms with Crippen LogP contribution in [0.4, 0.5) is 11.9 Å². The minimum Gasteiger partial charge on any atom is -0.369 e. The van der Waals surface area contributed by atoms with Crippen LogP contribution in [-0.2, 0) is 10.4 Å². The number of imidazole rings is 1. The van der Waals surface area contributed by atoms with E-state index in [9.17, 15) is 0 Å². The molecule has 2 heterocycles. The molecule has 0 spiro atoms. The Morgan fingerprint density at radius 3 is 2.38 bits per heavy atom. The number of aromatic nitrogens is 4. The second-order valence-electron chi connectivity index (χ2n) is 2.54. The molecule has 2 rings (SSSR count). The third kappa shape index (κ3) is 4.04. The molecule has 11 heteroatoms. The number of fused-ring (bicyclic) bond motifs is 1. The molecule has 0 radical (unpaired) electrons. The van der Waals surface area contributed by atoms with Crippen molar-refractivity contribution in [3.63, 3.8) is 0 Å². The van der Waals surface area contributed by atoms with Crippen LogP contribution in [0.15, 0.2) is 6.20 Å². The van der Waals surface area contributed by atoms with E-state index in [4.69, 9.17) is 29.0 Å². The molecule has 0 saturated heterocycles. The van der Waals surface area contributed by atoms with Crippen LogP contribution in [0.3, 0.4) is 0 Å². The van der Waals surface area contributed by atoms with Crippen LogP contribution in [0.1, 0.15) is 0 Å². The zero-order chi connectivity index (χ0) is 12.3. The summed E-state index contributed by atoms with van der Waals surface area (Å²) < 4.78 is 31.6. The van der Waals surface area contributed by atoms with E-state index in [0.29, 0.717) is 17.1 Å². The third-order valence-corrected chi connectivity index (χ3v) is 1.28. The van der Waals surface area contributed by atoms with Gasteiger partial charge in [0.25, 0.3) is 0 Å². The Bertz CT molecular complexity index is 584. The summed E-state index contributed by atoms with van der Waals surface area (Å²) in [4.78, 5) is 14.2. The largest absolute Gasteiger partial charge is 0.394 e. The molecule has 0 aromatic carbocycles. The van der Waals surface area contributed by atoms with Gasteiger partial charge < -0.3 is 16.5 Å². The molecule has 10 nitrogen and oxygen atoms in total. The van der Waals surface area contributed by atoms with Crippen molar-refractivity contribution in [1.82, 2.24) is 19.9 Å². The number of nitrogen functional groups attached to an aromatic ring is 2. The summed E-state index contributed by atoms with van der Waals surface area (Å²) in [6.07, 6.45) is 1.54. The third-order valence-electron chi connectivity index (χ3n) is 1.28. The first-order chi connectivity index (χ1) is 7.25. The van der Waals surface area contributed by atoms with E-state index in [1.807, 2.05) is 0 Å². The molecule has 0 atom stereocenters. The van der Waals surface area contributed by atoms with Gasteiger partial charge in [-0.3, -0.25) is 9.11 Å². The number of hydrogen-bond acceptors (Lipinski definition) is 7. The van der Waals surface area contributed by atoms with Crippen molar-refractivity contribution in [2.75, 3.05) is 11.5 Å². The Balaban J connectivity index is 0.000000221. The number of nitrogens with zero attached hydrogens (tertiary/aromatic N) is 3. The average Bonchev–Trinajstić information content (AvgIpc) is 2.40. The predicted molar refractivity (Wildman–Crippen MR) is 54.7 cm³/mol. The van der Waals surface area contributed by atoms with Crippen LogP contribution in [0.25, 0.3) is 11.2 Å². The molecular formula is C5H8N6O4S. The summed E-state index contributed by atoms with van der Waals surface area (Å²) >= 11 is 0. The first-order valence-corrected chi connectivity index (χ1v) is 5.09. The Labute approximate surface area is 89.3 Å². The topological polar surface area (TPSA) is 181 Å². The van der Waals surface area contributed by atoms with Gasteiger partial charge >= 0.3 is 10.4 Å². The molecule has 0 aliphatic carbocycles. The summed E-state index contributed by atoms with van der Waals surface area (Å²) in [5, 5.41) is 0. The van der Waals surface area contributed by atoms with E-state index in [-0.39, 0.29) is 5.95 Å². The first-order valence-electron chi connectivity index (χ1n) is 3.69. The highest BCUT2D eigenvalue weighted by Gasteiger charge is 2.00. The van der Waals surface area contributed by atoms with Crippen LogP contribution in [-0.4, -0.2) is 37.5 Å². The molecule has 7 N–H and O–H groups in total.